The Hall–Kier alpha value is -6.66. The minimum Gasteiger partial charge on any atom is -0.483 e. The van der Waals surface area contributed by atoms with Crippen molar-refractivity contribution in [2.75, 3.05) is 40.0 Å². The molecule has 2 aliphatic rings. The molecule has 2 aromatic heterocycles. The van der Waals surface area contributed by atoms with Crippen LogP contribution in [0.5, 0.6) is 5.75 Å². The van der Waals surface area contributed by atoms with E-state index in [0.29, 0.717) is 70.5 Å². The first-order valence-electron chi connectivity index (χ1n) is 26.3. The zero-order chi connectivity index (χ0) is 54.7. The fourth-order valence-corrected chi connectivity index (χ4v) is 9.58. The molecule has 1 saturated carbocycles. The fraction of sp³-hybridized carbons (Fsp3) is 0.509. The Morgan fingerprint density at radius 3 is 2.07 bits per heavy atom. The van der Waals surface area contributed by atoms with Crippen LogP contribution in [0.1, 0.15) is 176 Å². The van der Waals surface area contributed by atoms with Gasteiger partial charge in [-0.1, -0.05) is 106 Å². The number of imide groups is 1. The summed E-state index contributed by atoms with van der Waals surface area (Å²) >= 11 is 1.69. The van der Waals surface area contributed by atoms with Crippen molar-refractivity contribution >= 4 is 59.2 Å². The minimum atomic E-state index is -0.537. The number of carbonyl (C=O) groups is 7. The minimum absolute atomic E-state index is 0.00377. The van der Waals surface area contributed by atoms with Crippen molar-refractivity contribution in [1.82, 2.24) is 35.6 Å². The zero-order valence-electron chi connectivity index (χ0n) is 45.1. The van der Waals surface area contributed by atoms with E-state index in [9.17, 15) is 33.6 Å². The SMILES string of the molecule is C1CCCCCCC1.C=CCC(C)=O.CCc1nnc2n1-c1sc(C)c(C)c1C(c1ccc(C)cc1)=N[C@H]2CC(=O)NCCCOCCCNC(=O)COc1cccc(C=O)c1C(=O)N(C)C(C)CCC(=O)NC=O. The predicted octanol–water partition coefficient (Wildman–Crippen LogP) is 8.80. The molecule has 3 N–H and O–H groups in total. The molecule has 0 radical (unpaired) electrons. The summed E-state index contributed by atoms with van der Waals surface area (Å²) in [6.07, 6.45) is 17.2. The quantitative estimate of drug-likeness (QED) is 0.0342. The third kappa shape index (κ3) is 19.2. The highest BCUT2D eigenvalue weighted by atomic mass is 32.1. The van der Waals surface area contributed by atoms with Crippen LogP contribution in [0.4, 0.5) is 0 Å². The van der Waals surface area contributed by atoms with E-state index in [-0.39, 0.29) is 54.4 Å². The third-order valence-electron chi connectivity index (χ3n) is 12.9. The molecule has 1 fully saturated rings. The summed E-state index contributed by atoms with van der Waals surface area (Å²) < 4.78 is 13.5. The van der Waals surface area contributed by atoms with Crippen molar-refractivity contribution in [2.45, 2.75) is 150 Å². The summed E-state index contributed by atoms with van der Waals surface area (Å²) in [5.74, 6) is 0.163. The molecule has 4 aromatic rings. The van der Waals surface area contributed by atoms with Gasteiger partial charge in [-0.05, 0) is 65.5 Å². The van der Waals surface area contributed by atoms with Gasteiger partial charge in [0.25, 0.3) is 11.8 Å². The first-order chi connectivity index (χ1) is 36.1. The largest absolute Gasteiger partial charge is 0.483 e. The van der Waals surface area contributed by atoms with E-state index in [2.05, 4.69) is 82.3 Å². The van der Waals surface area contributed by atoms with Gasteiger partial charge in [0.05, 0.1) is 17.7 Å². The number of aromatic nitrogens is 3. The Balaban J connectivity index is 0.000000754. The van der Waals surface area contributed by atoms with Crippen LogP contribution in [0.25, 0.3) is 5.00 Å². The number of aldehydes is 1. The van der Waals surface area contributed by atoms with Gasteiger partial charge in [-0.2, -0.15) is 0 Å². The van der Waals surface area contributed by atoms with Crippen LogP contribution < -0.4 is 20.7 Å². The Labute approximate surface area is 446 Å². The Morgan fingerprint density at radius 1 is 0.880 bits per heavy atom. The Kier molecular flexibility index (Phi) is 26.5. The zero-order valence-corrected chi connectivity index (χ0v) is 45.9. The maximum atomic E-state index is 13.4. The number of aliphatic imine (C=N–C) groups is 1. The molecule has 18 heteroatoms. The summed E-state index contributed by atoms with van der Waals surface area (Å²) in [7, 11) is 1.54. The van der Waals surface area contributed by atoms with E-state index in [1.807, 2.05) is 6.92 Å². The molecule has 2 atom stereocenters. The molecule has 6 rings (SSSR count). The second-order valence-corrected chi connectivity index (χ2v) is 20.1. The van der Waals surface area contributed by atoms with Gasteiger partial charge in [0.1, 0.15) is 28.4 Å². The number of thiophene rings is 1. The fourth-order valence-electron chi connectivity index (χ4n) is 8.40. The molecule has 406 valence electrons. The molecule has 0 saturated heterocycles. The van der Waals surface area contributed by atoms with Gasteiger partial charge < -0.3 is 25.0 Å². The van der Waals surface area contributed by atoms with E-state index < -0.39 is 29.8 Å². The van der Waals surface area contributed by atoms with E-state index >= 15 is 0 Å². The van der Waals surface area contributed by atoms with Crippen molar-refractivity contribution in [3.8, 4) is 10.8 Å². The average molecular weight is 1050 g/mol. The number of hydrogen-bond donors (Lipinski definition) is 3. The number of amides is 5. The maximum absolute atomic E-state index is 13.4. The highest BCUT2D eigenvalue weighted by Crippen LogP contribution is 2.40. The van der Waals surface area contributed by atoms with Crippen LogP contribution in [-0.2, 0) is 35.1 Å². The number of allylic oxidation sites excluding steroid dienone is 1. The highest BCUT2D eigenvalue weighted by Gasteiger charge is 2.33. The molecule has 5 amide bonds. The van der Waals surface area contributed by atoms with Gasteiger partial charge >= 0.3 is 0 Å². The number of nitrogens with zero attached hydrogens (tertiary/aromatic N) is 5. The predicted molar refractivity (Wildman–Crippen MR) is 293 cm³/mol. The van der Waals surface area contributed by atoms with Gasteiger partial charge in [-0.3, -0.25) is 48.4 Å². The number of Topliss-reactive ketones (excluding diaryl/α,β-unsaturated/α-hetero) is 1. The van der Waals surface area contributed by atoms with E-state index in [0.717, 1.165) is 38.8 Å². The summed E-state index contributed by atoms with van der Waals surface area (Å²) in [6, 6.07) is 11.9. The molecule has 1 aliphatic heterocycles. The number of rotatable bonds is 24. The van der Waals surface area contributed by atoms with Crippen molar-refractivity contribution in [3.05, 3.63) is 105 Å². The molecule has 1 unspecified atom stereocenters. The van der Waals surface area contributed by atoms with Gasteiger partial charge in [0, 0.05) is 80.2 Å². The normalized spacial score (nSPS) is 14.1. The summed E-state index contributed by atoms with van der Waals surface area (Å²) in [5, 5.41) is 17.9. The lowest BCUT2D eigenvalue weighted by atomic mass is 9.99. The molecule has 0 spiro atoms. The summed E-state index contributed by atoms with van der Waals surface area (Å²) in [6.45, 7) is 16.1. The van der Waals surface area contributed by atoms with E-state index in [4.69, 9.17) is 14.5 Å². The second kappa shape index (κ2) is 32.6. The van der Waals surface area contributed by atoms with E-state index in [1.165, 1.54) is 80.3 Å². The molecule has 1 aliphatic carbocycles. The molecule has 2 aromatic carbocycles. The van der Waals surface area contributed by atoms with Crippen molar-refractivity contribution in [1.29, 1.82) is 0 Å². The van der Waals surface area contributed by atoms with Crippen molar-refractivity contribution in [2.24, 2.45) is 4.99 Å². The summed E-state index contributed by atoms with van der Waals surface area (Å²) in [4.78, 5) is 91.1. The number of ketones is 1. The smallest absolute Gasteiger partial charge is 0.258 e. The molecular weight excluding hydrogens is 973 g/mol. The van der Waals surface area contributed by atoms with Crippen LogP contribution in [0.2, 0.25) is 0 Å². The van der Waals surface area contributed by atoms with Crippen LogP contribution >= 0.6 is 11.3 Å². The maximum Gasteiger partial charge on any atom is 0.258 e. The monoisotopic (exact) mass is 1050 g/mol. The van der Waals surface area contributed by atoms with Crippen LogP contribution in [0.15, 0.2) is 60.1 Å². The number of carbonyl (C=O) groups excluding carboxylic acids is 7. The molecular formula is C57H78N8O9S. The number of fused-ring (bicyclic) bond motifs is 3. The molecule has 75 heavy (non-hydrogen) atoms. The van der Waals surface area contributed by atoms with Crippen LogP contribution in [0.3, 0.4) is 0 Å². The van der Waals surface area contributed by atoms with E-state index in [1.54, 1.807) is 37.3 Å². The number of nitrogens with one attached hydrogen (secondary N) is 3. The van der Waals surface area contributed by atoms with Gasteiger partial charge in [-0.15, -0.1) is 28.1 Å². The van der Waals surface area contributed by atoms with Gasteiger partial charge in [0.2, 0.25) is 18.2 Å². The Bertz CT molecular complexity index is 2550. The van der Waals surface area contributed by atoms with Gasteiger partial charge in [0.15, 0.2) is 18.7 Å². The summed E-state index contributed by atoms with van der Waals surface area (Å²) in [5.41, 5.74) is 5.28. The van der Waals surface area contributed by atoms with Crippen molar-refractivity contribution < 1.29 is 43.0 Å². The number of ether oxygens (including phenoxy) is 2. The van der Waals surface area contributed by atoms with Crippen molar-refractivity contribution in [3.63, 3.8) is 0 Å². The highest BCUT2D eigenvalue weighted by molar-refractivity contribution is 7.15. The lowest BCUT2D eigenvalue weighted by Gasteiger charge is -2.26. The number of aryl methyl sites for hydroxylation is 3. The first-order valence-corrected chi connectivity index (χ1v) is 27.1. The van der Waals surface area contributed by atoms with Gasteiger partial charge in [-0.25, -0.2) is 0 Å². The second-order valence-electron chi connectivity index (χ2n) is 18.8. The standard InChI is InChI=1S/C44H54N8O8S.C8H16.C5H8O/c1-7-35-49-50-42-33(48-41(31-16-13-27(2)14-17-31)39-29(4)30(5)61-44(39)52(35)42)23-37(56)45-19-9-21-59-22-10-20-46-38(57)25-60-34-12-8-11-32(24-53)40(34)43(58)51(6)28(3)15-18-36(55)47-26-54;1-2-4-6-8-7-5-3-1;1-3-4-5(2)6/h8,11-14,16-17,24,26,28,33H,7,9-10,15,18-23,25H2,1-6H3,(H,45,56)(H,46,57)(H,47,54,55);1-8H2;3H,1,4H2,2H3/t28?,33-;;/m0../s1. The number of benzene rings is 2. The number of hydrogen-bond acceptors (Lipinski definition) is 13. The topological polar surface area (TPSA) is 220 Å². The molecule has 17 nitrogen and oxygen atoms in total. The molecule has 3 heterocycles. The lowest BCUT2D eigenvalue weighted by molar-refractivity contribution is -0.126. The first kappa shape index (κ1) is 60.9. The average Bonchev–Trinajstić information content (AvgIpc) is 3.91. The van der Waals surface area contributed by atoms with Crippen LogP contribution in [-0.4, -0.2) is 113 Å². The Morgan fingerprint density at radius 2 is 1.51 bits per heavy atom. The third-order valence-corrected chi connectivity index (χ3v) is 14.1. The lowest BCUT2D eigenvalue weighted by Crippen LogP contribution is -2.37. The van der Waals surface area contributed by atoms with Crippen LogP contribution in [0, 0.1) is 20.8 Å². The molecule has 0 bridgehead atoms.